The van der Waals surface area contributed by atoms with Crippen LogP contribution >= 0.6 is 0 Å². The first-order valence-corrected chi connectivity index (χ1v) is 6.38. The molecule has 0 saturated carbocycles. The average Bonchev–Trinajstić information content (AvgIpc) is 2.48. The summed E-state index contributed by atoms with van der Waals surface area (Å²) < 4.78 is 44.6. The van der Waals surface area contributed by atoms with Crippen LogP contribution in [0.4, 0.5) is 13.2 Å². The smallest absolute Gasteiger partial charge is 0.416 e. The van der Waals surface area contributed by atoms with Gasteiger partial charge in [0, 0.05) is 18.0 Å². The lowest BCUT2D eigenvalue weighted by Crippen LogP contribution is -2.26. The fourth-order valence-corrected chi connectivity index (χ4v) is 1.97. The van der Waals surface area contributed by atoms with Gasteiger partial charge in [0.15, 0.2) is 0 Å². The van der Waals surface area contributed by atoms with Crippen LogP contribution in [0.3, 0.4) is 0 Å². The molecule has 0 aliphatic rings. The molecule has 0 fully saturated rings. The third-order valence-corrected chi connectivity index (χ3v) is 3.04. The molecule has 0 radical (unpaired) electrons. The fourth-order valence-electron chi connectivity index (χ4n) is 1.97. The molecule has 1 heterocycles. The number of alkyl halides is 3. The van der Waals surface area contributed by atoms with Gasteiger partial charge in [0.25, 0.3) is 0 Å². The van der Waals surface area contributed by atoms with Crippen molar-refractivity contribution in [2.45, 2.75) is 12.2 Å². The molecule has 1 N–H and O–H groups in total. The highest BCUT2D eigenvalue weighted by Gasteiger charge is 2.35. The highest BCUT2D eigenvalue weighted by molar-refractivity contribution is 5.30. The molecule has 0 amide bonds. The SMILES string of the molecule is CNC(COc1ccccc1)c1cnccc1C(F)(F)F. The second-order valence-electron chi connectivity index (χ2n) is 4.43. The predicted molar refractivity (Wildman–Crippen MR) is 73.0 cm³/mol. The van der Waals surface area contributed by atoms with E-state index in [2.05, 4.69) is 10.3 Å². The second kappa shape index (κ2) is 6.58. The Hall–Kier alpha value is -2.08. The van der Waals surface area contributed by atoms with Gasteiger partial charge in [-0.3, -0.25) is 4.98 Å². The number of nitrogens with zero attached hydrogens (tertiary/aromatic N) is 1. The summed E-state index contributed by atoms with van der Waals surface area (Å²) in [6.45, 7) is 0.0787. The first kappa shape index (κ1) is 15.3. The van der Waals surface area contributed by atoms with E-state index in [0.717, 1.165) is 12.3 Å². The van der Waals surface area contributed by atoms with Gasteiger partial charge in [0.05, 0.1) is 11.6 Å². The van der Waals surface area contributed by atoms with Crippen molar-refractivity contribution in [1.82, 2.24) is 10.3 Å². The normalized spacial score (nSPS) is 13.0. The van der Waals surface area contributed by atoms with Crippen LogP contribution in [-0.4, -0.2) is 18.6 Å². The maximum atomic E-state index is 13.0. The number of aromatic nitrogens is 1. The molecule has 0 saturated heterocycles. The monoisotopic (exact) mass is 296 g/mol. The topological polar surface area (TPSA) is 34.1 Å². The van der Waals surface area contributed by atoms with E-state index in [0.29, 0.717) is 5.75 Å². The number of halogens is 3. The number of para-hydroxylation sites is 1. The number of hydrogen-bond donors (Lipinski definition) is 1. The largest absolute Gasteiger partial charge is 0.492 e. The van der Waals surface area contributed by atoms with E-state index in [1.807, 2.05) is 6.07 Å². The van der Waals surface area contributed by atoms with Gasteiger partial charge < -0.3 is 10.1 Å². The van der Waals surface area contributed by atoms with Gasteiger partial charge in [-0.15, -0.1) is 0 Å². The molecule has 112 valence electrons. The number of nitrogens with one attached hydrogen (secondary N) is 1. The highest BCUT2D eigenvalue weighted by Crippen LogP contribution is 2.34. The van der Waals surface area contributed by atoms with Crippen LogP contribution in [0.1, 0.15) is 17.2 Å². The molecule has 0 aliphatic carbocycles. The molecule has 3 nitrogen and oxygen atoms in total. The third-order valence-electron chi connectivity index (χ3n) is 3.04. The molecule has 1 atom stereocenters. The molecular formula is C15H15F3N2O. The average molecular weight is 296 g/mol. The van der Waals surface area contributed by atoms with Crippen molar-refractivity contribution in [2.75, 3.05) is 13.7 Å². The Morgan fingerprint density at radius 3 is 2.52 bits per heavy atom. The van der Waals surface area contributed by atoms with E-state index in [-0.39, 0.29) is 12.2 Å². The molecule has 1 aromatic carbocycles. The summed E-state index contributed by atoms with van der Waals surface area (Å²) in [5, 5.41) is 2.84. The Bertz CT molecular complexity index is 573. The minimum absolute atomic E-state index is 0.0726. The zero-order valence-corrected chi connectivity index (χ0v) is 11.4. The molecular weight excluding hydrogens is 281 g/mol. The van der Waals surface area contributed by atoms with Crippen molar-refractivity contribution in [3.63, 3.8) is 0 Å². The van der Waals surface area contributed by atoms with Crippen LogP contribution in [0.2, 0.25) is 0 Å². The number of hydrogen-bond acceptors (Lipinski definition) is 3. The van der Waals surface area contributed by atoms with Gasteiger partial charge in [-0.05, 0) is 25.2 Å². The molecule has 0 bridgehead atoms. The van der Waals surface area contributed by atoms with Crippen LogP contribution in [0.25, 0.3) is 0 Å². The van der Waals surface area contributed by atoms with E-state index in [1.54, 1.807) is 31.3 Å². The summed E-state index contributed by atoms with van der Waals surface area (Å²) in [6, 6.07) is 9.31. The predicted octanol–water partition coefficient (Wildman–Crippen LogP) is 3.44. The van der Waals surface area contributed by atoms with Crippen molar-refractivity contribution < 1.29 is 17.9 Å². The van der Waals surface area contributed by atoms with E-state index in [9.17, 15) is 13.2 Å². The maximum absolute atomic E-state index is 13.0. The summed E-state index contributed by atoms with van der Waals surface area (Å²) in [7, 11) is 1.59. The molecule has 6 heteroatoms. The number of benzene rings is 1. The Kier molecular flexibility index (Phi) is 4.80. The molecule has 0 spiro atoms. The Balaban J connectivity index is 2.18. The van der Waals surface area contributed by atoms with Crippen molar-refractivity contribution in [1.29, 1.82) is 0 Å². The first-order chi connectivity index (χ1) is 10.0. The zero-order chi connectivity index (χ0) is 15.3. The third kappa shape index (κ3) is 3.95. The van der Waals surface area contributed by atoms with E-state index < -0.39 is 17.8 Å². The molecule has 0 aliphatic heterocycles. The van der Waals surface area contributed by atoms with Crippen LogP contribution < -0.4 is 10.1 Å². The molecule has 2 aromatic rings. The van der Waals surface area contributed by atoms with Gasteiger partial charge >= 0.3 is 6.18 Å². The summed E-state index contributed by atoms with van der Waals surface area (Å²) in [6.07, 6.45) is -2.06. The van der Waals surface area contributed by atoms with Gasteiger partial charge in [0.1, 0.15) is 12.4 Å². The lowest BCUT2D eigenvalue weighted by atomic mass is 10.0. The fraction of sp³-hybridized carbons (Fsp3) is 0.267. The van der Waals surface area contributed by atoms with Crippen molar-refractivity contribution >= 4 is 0 Å². The summed E-state index contributed by atoms with van der Waals surface area (Å²) in [5.41, 5.74) is -0.628. The molecule has 21 heavy (non-hydrogen) atoms. The van der Waals surface area contributed by atoms with Crippen LogP contribution in [-0.2, 0) is 6.18 Å². The number of pyridine rings is 1. The van der Waals surface area contributed by atoms with E-state index in [4.69, 9.17) is 4.74 Å². The van der Waals surface area contributed by atoms with Gasteiger partial charge in [-0.25, -0.2) is 0 Å². The molecule has 1 unspecified atom stereocenters. The summed E-state index contributed by atoms with van der Waals surface area (Å²) in [5.74, 6) is 0.607. The summed E-state index contributed by atoms with van der Waals surface area (Å²) >= 11 is 0. The first-order valence-electron chi connectivity index (χ1n) is 6.38. The second-order valence-corrected chi connectivity index (χ2v) is 4.43. The lowest BCUT2D eigenvalue weighted by molar-refractivity contribution is -0.138. The van der Waals surface area contributed by atoms with Crippen LogP contribution in [0.5, 0.6) is 5.75 Å². The van der Waals surface area contributed by atoms with Crippen LogP contribution in [0, 0.1) is 0 Å². The number of rotatable bonds is 5. The van der Waals surface area contributed by atoms with Crippen LogP contribution in [0.15, 0.2) is 48.8 Å². The summed E-state index contributed by atoms with van der Waals surface area (Å²) in [4.78, 5) is 3.79. The van der Waals surface area contributed by atoms with Crippen molar-refractivity contribution in [3.8, 4) is 5.75 Å². The minimum Gasteiger partial charge on any atom is -0.492 e. The Labute approximate surface area is 120 Å². The Morgan fingerprint density at radius 2 is 1.90 bits per heavy atom. The zero-order valence-electron chi connectivity index (χ0n) is 11.4. The number of likely N-dealkylation sites (N-methyl/N-ethyl adjacent to an activating group) is 1. The number of ether oxygens (including phenoxy) is 1. The van der Waals surface area contributed by atoms with Gasteiger partial charge in [-0.2, -0.15) is 13.2 Å². The Morgan fingerprint density at radius 1 is 1.19 bits per heavy atom. The standard InChI is InChI=1S/C15H15F3N2O/c1-19-14(10-21-11-5-3-2-4-6-11)12-9-20-8-7-13(12)15(16,17)18/h2-9,14,19H,10H2,1H3. The van der Waals surface area contributed by atoms with Crippen molar-refractivity contribution in [2.24, 2.45) is 0 Å². The highest BCUT2D eigenvalue weighted by atomic mass is 19.4. The van der Waals surface area contributed by atoms with Crippen molar-refractivity contribution in [3.05, 3.63) is 59.9 Å². The lowest BCUT2D eigenvalue weighted by Gasteiger charge is -2.21. The maximum Gasteiger partial charge on any atom is 0.416 e. The van der Waals surface area contributed by atoms with Gasteiger partial charge in [-0.1, -0.05) is 18.2 Å². The molecule has 2 rings (SSSR count). The molecule has 1 aromatic heterocycles. The van der Waals surface area contributed by atoms with Gasteiger partial charge in [0.2, 0.25) is 0 Å². The minimum atomic E-state index is -4.42. The quantitative estimate of drug-likeness (QED) is 0.917. The van der Waals surface area contributed by atoms with E-state index in [1.165, 1.54) is 6.20 Å². The van der Waals surface area contributed by atoms with E-state index >= 15 is 0 Å².